The Morgan fingerprint density at radius 1 is 1.40 bits per heavy atom. The van der Waals surface area contributed by atoms with E-state index in [4.69, 9.17) is 15.2 Å². The van der Waals surface area contributed by atoms with Crippen LogP contribution >= 0.6 is 0 Å². The van der Waals surface area contributed by atoms with Crippen molar-refractivity contribution >= 4 is 11.6 Å². The Bertz CT molecular complexity index is 410. The first-order valence-corrected chi connectivity index (χ1v) is 6.81. The number of anilines is 1. The number of benzene rings is 1. The Labute approximate surface area is 120 Å². The number of nitrogens with two attached hydrogens (primary N) is 1. The summed E-state index contributed by atoms with van der Waals surface area (Å²) in [6.45, 7) is 4.11. The molecule has 5 heteroatoms. The molecule has 1 atom stereocenters. The van der Waals surface area contributed by atoms with E-state index in [1.54, 1.807) is 7.11 Å². The fourth-order valence-corrected chi connectivity index (χ4v) is 1.68. The number of rotatable bonds is 9. The summed E-state index contributed by atoms with van der Waals surface area (Å²) < 4.78 is 10.4. The molecule has 0 heterocycles. The van der Waals surface area contributed by atoms with Crippen molar-refractivity contribution in [2.24, 2.45) is 11.7 Å². The van der Waals surface area contributed by atoms with Crippen LogP contribution in [0.5, 0.6) is 0 Å². The number of hydrogen-bond donors (Lipinski definition) is 2. The van der Waals surface area contributed by atoms with Crippen LogP contribution in [0.15, 0.2) is 24.3 Å². The second-order valence-corrected chi connectivity index (χ2v) is 4.84. The molecule has 1 aromatic carbocycles. The topological polar surface area (TPSA) is 73.6 Å². The quantitative estimate of drug-likeness (QED) is 0.676. The van der Waals surface area contributed by atoms with Gasteiger partial charge in [-0.2, -0.15) is 0 Å². The summed E-state index contributed by atoms with van der Waals surface area (Å²) in [5.74, 6) is 0.177. The van der Waals surface area contributed by atoms with Gasteiger partial charge in [0, 0.05) is 19.2 Å². The van der Waals surface area contributed by atoms with E-state index < -0.39 is 0 Å². The number of hydrogen-bond acceptors (Lipinski definition) is 4. The molecule has 1 rings (SSSR count). The van der Waals surface area contributed by atoms with Gasteiger partial charge in [0.2, 0.25) is 5.91 Å². The molecule has 0 aliphatic heterocycles. The molecule has 1 unspecified atom stereocenters. The van der Waals surface area contributed by atoms with Gasteiger partial charge < -0.3 is 20.5 Å². The number of carbonyl (C=O) groups excluding carboxylic acids is 1. The highest BCUT2D eigenvalue weighted by Crippen LogP contribution is 2.13. The summed E-state index contributed by atoms with van der Waals surface area (Å²) in [5, 5.41) is 2.87. The third-order valence-corrected chi connectivity index (χ3v) is 2.85. The van der Waals surface area contributed by atoms with Gasteiger partial charge in [0.15, 0.2) is 0 Å². The van der Waals surface area contributed by atoms with E-state index in [-0.39, 0.29) is 11.8 Å². The molecular weight excluding hydrogens is 256 g/mol. The summed E-state index contributed by atoms with van der Waals surface area (Å²) in [6.07, 6.45) is 0.436. The zero-order chi connectivity index (χ0) is 14.8. The van der Waals surface area contributed by atoms with E-state index in [2.05, 4.69) is 5.32 Å². The van der Waals surface area contributed by atoms with Crippen LogP contribution in [0.4, 0.5) is 5.69 Å². The largest absolute Gasteiger partial charge is 0.382 e. The molecule has 1 aromatic rings. The highest BCUT2D eigenvalue weighted by atomic mass is 16.5. The molecule has 112 valence electrons. The van der Waals surface area contributed by atoms with E-state index in [9.17, 15) is 4.79 Å². The molecule has 0 saturated heterocycles. The lowest BCUT2D eigenvalue weighted by Crippen LogP contribution is -2.20. The van der Waals surface area contributed by atoms with E-state index in [1.807, 2.05) is 31.2 Å². The molecule has 3 N–H and O–H groups in total. The van der Waals surface area contributed by atoms with Crippen LogP contribution in [0.1, 0.15) is 18.9 Å². The molecule has 1 amide bonds. The van der Waals surface area contributed by atoms with Crippen LogP contribution in [-0.4, -0.2) is 32.8 Å². The molecule has 0 aromatic heterocycles. The maximum atomic E-state index is 11.8. The molecule has 0 fully saturated rings. The molecule has 0 aliphatic rings. The predicted octanol–water partition coefficient (Wildman–Crippen LogP) is 1.77. The third kappa shape index (κ3) is 6.65. The summed E-state index contributed by atoms with van der Waals surface area (Å²) in [5.41, 5.74) is 7.31. The number of methoxy groups -OCH3 is 1. The average molecular weight is 280 g/mol. The van der Waals surface area contributed by atoms with Crippen LogP contribution in [0.3, 0.4) is 0 Å². The normalized spacial score (nSPS) is 12.2. The second kappa shape index (κ2) is 9.47. The molecule has 5 nitrogen and oxygen atoms in total. The van der Waals surface area contributed by atoms with E-state index in [0.29, 0.717) is 32.8 Å². The van der Waals surface area contributed by atoms with Crippen molar-refractivity contribution in [3.8, 4) is 0 Å². The number of carbonyl (C=O) groups is 1. The van der Waals surface area contributed by atoms with Crippen LogP contribution in [0, 0.1) is 5.92 Å². The number of amides is 1. The van der Waals surface area contributed by atoms with Crippen molar-refractivity contribution in [1.29, 1.82) is 0 Å². The lowest BCUT2D eigenvalue weighted by Gasteiger charge is -2.10. The lowest BCUT2D eigenvalue weighted by molar-refractivity contribution is -0.116. The van der Waals surface area contributed by atoms with Crippen molar-refractivity contribution < 1.29 is 14.3 Å². The van der Waals surface area contributed by atoms with Crippen LogP contribution in [0.2, 0.25) is 0 Å². The van der Waals surface area contributed by atoms with E-state index in [1.165, 1.54) is 0 Å². The highest BCUT2D eigenvalue weighted by molar-refractivity contribution is 5.90. The van der Waals surface area contributed by atoms with Crippen molar-refractivity contribution in [3.63, 3.8) is 0 Å². The Morgan fingerprint density at radius 3 is 2.90 bits per heavy atom. The first-order valence-electron chi connectivity index (χ1n) is 6.81. The van der Waals surface area contributed by atoms with Gasteiger partial charge in [-0.1, -0.05) is 19.1 Å². The minimum Gasteiger partial charge on any atom is -0.382 e. The van der Waals surface area contributed by atoms with E-state index in [0.717, 1.165) is 11.3 Å². The number of nitrogens with one attached hydrogen (secondary N) is 1. The lowest BCUT2D eigenvalue weighted by atomic mass is 10.1. The summed E-state index contributed by atoms with van der Waals surface area (Å²) in [7, 11) is 1.64. The van der Waals surface area contributed by atoms with E-state index >= 15 is 0 Å². The van der Waals surface area contributed by atoms with Gasteiger partial charge in [-0.3, -0.25) is 4.79 Å². The summed E-state index contributed by atoms with van der Waals surface area (Å²) in [4.78, 5) is 11.8. The van der Waals surface area contributed by atoms with Crippen molar-refractivity contribution in [3.05, 3.63) is 29.8 Å². The monoisotopic (exact) mass is 280 g/mol. The van der Waals surface area contributed by atoms with Gasteiger partial charge in [-0.15, -0.1) is 0 Å². The zero-order valence-electron chi connectivity index (χ0n) is 12.2. The van der Waals surface area contributed by atoms with Crippen LogP contribution < -0.4 is 11.1 Å². The fraction of sp³-hybridized carbons (Fsp3) is 0.533. The van der Waals surface area contributed by atoms with Gasteiger partial charge in [0.25, 0.3) is 0 Å². The third-order valence-electron chi connectivity index (χ3n) is 2.85. The Kier molecular flexibility index (Phi) is 7.87. The van der Waals surface area contributed by atoms with Crippen molar-refractivity contribution in [1.82, 2.24) is 0 Å². The Hall–Kier alpha value is -1.43. The second-order valence-electron chi connectivity index (χ2n) is 4.84. The molecule has 0 spiro atoms. The predicted molar refractivity (Wildman–Crippen MR) is 79.4 cm³/mol. The maximum absolute atomic E-state index is 11.8. The van der Waals surface area contributed by atoms with Crippen LogP contribution in [0.25, 0.3) is 0 Å². The molecule has 0 saturated carbocycles. The molecule has 20 heavy (non-hydrogen) atoms. The average Bonchev–Trinajstić information content (AvgIpc) is 2.43. The summed E-state index contributed by atoms with van der Waals surface area (Å²) in [6, 6.07) is 7.64. The van der Waals surface area contributed by atoms with Gasteiger partial charge in [-0.05, 0) is 30.2 Å². The standard InChI is InChI=1S/C15H24N2O3/c1-12(10-16)8-15(18)17-14-5-3-4-13(9-14)11-20-7-6-19-2/h3-5,9,12H,6-8,10-11,16H2,1-2H3,(H,17,18). The smallest absolute Gasteiger partial charge is 0.224 e. The first-order chi connectivity index (χ1) is 9.65. The minimum atomic E-state index is -0.0135. The Morgan fingerprint density at radius 2 is 2.20 bits per heavy atom. The van der Waals surface area contributed by atoms with Gasteiger partial charge in [0.1, 0.15) is 0 Å². The zero-order valence-corrected chi connectivity index (χ0v) is 12.2. The molecule has 0 aliphatic carbocycles. The summed E-state index contributed by atoms with van der Waals surface area (Å²) >= 11 is 0. The number of ether oxygens (including phenoxy) is 2. The van der Waals surface area contributed by atoms with Gasteiger partial charge in [0.05, 0.1) is 19.8 Å². The van der Waals surface area contributed by atoms with Gasteiger partial charge >= 0.3 is 0 Å². The van der Waals surface area contributed by atoms with Gasteiger partial charge in [-0.25, -0.2) is 0 Å². The maximum Gasteiger partial charge on any atom is 0.224 e. The SMILES string of the molecule is COCCOCc1cccc(NC(=O)CC(C)CN)c1. The molecule has 0 bridgehead atoms. The van der Waals surface area contributed by atoms with Crippen molar-refractivity contribution in [2.45, 2.75) is 20.0 Å². The fourth-order valence-electron chi connectivity index (χ4n) is 1.68. The molecular formula is C15H24N2O3. The first kappa shape index (κ1) is 16.6. The Balaban J connectivity index is 2.44. The minimum absolute atomic E-state index is 0.0135. The highest BCUT2D eigenvalue weighted by Gasteiger charge is 2.08. The van der Waals surface area contributed by atoms with Crippen LogP contribution in [-0.2, 0) is 20.9 Å². The molecule has 0 radical (unpaired) electrons. The van der Waals surface area contributed by atoms with Crippen molar-refractivity contribution in [2.75, 3.05) is 32.2 Å².